The topological polar surface area (TPSA) is 72.9 Å². The van der Waals surface area contributed by atoms with Gasteiger partial charge in [-0.05, 0) is 49.1 Å². The second kappa shape index (κ2) is 8.02. The number of piperidine rings is 1. The number of pyridine rings is 1. The first-order chi connectivity index (χ1) is 13.6. The SMILES string of the molecule is CC1CCN(C(=O)c2cccc(OCc3cn4ccccc4n3)c2)C(CN)C1. The smallest absolute Gasteiger partial charge is 0.254 e. The summed E-state index contributed by atoms with van der Waals surface area (Å²) >= 11 is 0. The molecule has 0 spiro atoms. The van der Waals surface area contributed by atoms with Crippen LogP contribution < -0.4 is 10.5 Å². The first-order valence-corrected chi connectivity index (χ1v) is 9.80. The lowest BCUT2D eigenvalue weighted by molar-refractivity contribution is 0.0573. The molecule has 1 aliphatic heterocycles. The van der Waals surface area contributed by atoms with Crippen LogP contribution in [0.3, 0.4) is 0 Å². The van der Waals surface area contributed by atoms with Gasteiger partial charge in [-0.3, -0.25) is 4.79 Å². The van der Waals surface area contributed by atoms with Gasteiger partial charge in [-0.15, -0.1) is 0 Å². The van der Waals surface area contributed by atoms with E-state index in [-0.39, 0.29) is 11.9 Å². The summed E-state index contributed by atoms with van der Waals surface area (Å²) < 4.78 is 7.86. The van der Waals surface area contributed by atoms with Crippen molar-refractivity contribution < 1.29 is 9.53 Å². The molecule has 1 saturated heterocycles. The van der Waals surface area contributed by atoms with Crippen LogP contribution in [-0.4, -0.2) is 39.3 Å². The molecule has 0 saturated carbocycles. The highest BCUT2D eigenvalue weighted by Crippen LogP contribution is 2.25. The molecule has 0 radical (unpaired) electrons. The summed E-state index contributed by atoms with van der Waals surface area (Å²) in [7, 11) is 0. The van der Waals surface area contributed by atoms with Crippen molar-refractivity contribution in [3.63, 3.8) is 0 Å². The molecule has 2 atom stereocenters. The van der Waals surface area contributed by atoms with E-state index in [1.807, 2.05) is 64.2 Å². The number of carbonyl (C=O) groups is 1. The number of hydrogen-bond acceptors (Lipinski definition) is 4. The molecule has 3 heterocycles. The number of hydrogen-bond donors (Lipinski definition) is 1. The Bertz CT molecular complexity index is 935. The third-order valence-electron chi connectivity index (χ3n) is 5.39. The monoisotopic (exact) mass is 378 g/mol. The first kappa shape index (κ1) is 18.5. The van der Waals surface area contributed by atoms with E-state index in [1.54, 1.807) is 0 Å². The maximum Gasteiger partial charge on any atom is 0.254 e. The Balaban J connectivity index is 1.45. The maximum atomic E-state index is 13.0. The van der Waals surface area contributed by atoms with E-state index in [4.69, 9.17) is 10.5 Å². The Kier molecular flexibility index (Phi) is 5.30. The zero-order valence-electron chi connectivity index (χ0n) is 16.1. The number of nitrogens with zero attached hydrogens (tertiary/aromatic N) is 3. The van der Waals surface area contributed by atoms with Crippen molar-refractivity contribution in [2.75, 3.05) is 13.1 Å². The molecule has 146 valence electrons. The molecule has 2 N–H and O–H groups in total. The van der Waals surface area contributed by atoms with E-state index in [1.165, 1.54) is 0 Å². The Morgan fingerprint density at radius 2 is 2.18 bits per heavy atom. The van der Waals surface area contributed by atoms with Gasteiger partial charge in [-0.25, -0.2) is 4.98 Å². The van der Waals surface area contributed by atoms with E-state index in [2.05, 4.69) is 11.9 Å². The molecule has 28 heavy (non-hydrogen) atoms. The third kappa shape index (κ3) is 3.87. The molecule has 1 aliphatic rings. The zero-order valence-corrected chi connectivity index (χ0v) is 16.1. The molecule has 0 aliphatic carbocycles. The highest BCUT2D eigenvalue weighted by atomic mass is 16.5. The summed E-state index contributed by atoms with van der Waals surface area (Å²) in [5.74, 6) is 1.30. The minimum absolute atomic E-state index is 0.0283. The second-order valence-corrected chi connectivity index (χ2v) is 7.53. The average Bonchev–Trinajstić information content (AvgIpc) is 3.15. The number of imidazole rings is 1. The fourth-order valence-electron chi connectivity index (χ4n) is 3.84. The van der Waals surface area contributed by atoms with Gasteiger partial charge in [0.15, 0.2) is 0 Å². The van der Waals surface area contributed by atoms with Gasteiger partial charge in [-0.2, -0.15) is 0 Å². The Morgan fingerprint density at radius 3 is 3.00 bits per heavy atom. The Morgan fingerprint density at radius 1 is 1.29 bits per heavy atom. The fraction of sp³-hybridized carbons (Fsp3) is 0.364. The van der Waals surface area contributed by atoms with E-state index in [0.717, 1.165) is 30.7 Å². The molecule has 6 heteroatoms. The van der Waals surface area contributed by atoms with Crippen molar-refractivity contribution in [2.24, 2.45) is 11.7 Å². The van der Waals surface area contributed by atoms with Crippen LogP contribution in [-0.2, 0) is 6.61 Å². The van der Waals surface area contributed by atoms with Gasteiger partial charge < -0.3 is 19.8 Å². The third-order valence-corrected chi connectivity index (χ3v) is 5.39. The Hall–Kier alpha value is -2.86. The molecule has 0 bridgehead atoms. The summed E-state index contributed by atoms with van der Waals surface area (Å²) in [6.07, 6.45) is 5.89. The first-order valence-electron chi connectivity index (χ1n) is 9.80. The summed E-state index contributed by atoms with van der Waals surface area (Å²) in [6.45, 7) is 3.83. The Labute approximate surface area is 164 Å². The normalized spacial score (nSPS) is 19.7. The van der Waals surface area contributed by atoms with Gasteiger partial charge in [-0.1, -0.05) is 19.1 Å². The molecule has 1 amide bonds. The molecule has 3 aromatic rings. The molecular formula is C22H26N4O2. The lowest BCUT2D eigenvalue weighted by atomic mass is 9.92. The van der Waals surface area contributed by atoms with Gasteiger partial charge in [0.25, 0.3) is 5.91 Å². The highest BCUT2D eigenvalue weighted by Gasteiger charge is 2.29. The summed E-state index contributed by atoms with van der Waals surface area (Å²) in [5, 5.41) is 0. The molecule has 6 nitrogen and oxygen atoms in total. The molecule has 2 aromatic heterocycles. The second-order valence-electron chi connectivity index (χ2n) is 7.53. The minimum atomic E-state index is 0.0283. The molecule has 1 aromatic carbocycles. The number of amides is 1. The van der Waals surface area contributed by atoms with Crippen molar-refractivity contribution in [3.8, 4) is 5.75 Å². The number of likely N-dealkylation sites (tertiary alicyclic amines) is 1. The highest BCUT2D eigenvalue weighted by molar-refractivity contribution is 5.95. The standard InChI is InChI=1S/C22H26N4O2/c1-16-8-10-26(19(11-16)13-23)22(27)17-5-4-6-20(12-17)28-15-18-14-25-9-3-2-7-21(25)24-18/h2-7,9,12,14,16,19H,8,10-11,13,15,23H2,1H3. The predicted octanol–water partition coefficient (Wildman–Crippen LogP) is 3.11. The number of rotatable bonds is 5. The summed E-state index contributed by atoms with van der Waals surface area (Å²) in [5.41, 5.74) is 8.29. The number of ether oxygens (including phenoxy) is 1. The van der Waals surface area contributed by atoms with Crippen molar-refractivity contribution in [2.45, 2.75) is 32.4 Å². The van der Waals surface area contributed by atoms with E-state index in [0.29, 0.717) is 30.4 Å². The minimum Gasteiger partial charge on any atom is -0.487 e. The number of nitrogens with two attached hydrogens (primary N) is 1. The number of aromatic nitrogens is 2. The predicted molar refractivity (Wildman–Crippen MR) is 108 cm³/mol. The maximum absolute atomic E-state index is 13.0. The lowest BCUT2D eigenvalue weighted by Gasteiger charge is -2.38. The lowest BCUT2D eigenvalue weighted by Crippen LogP contribution is -2.49. The van der Waals surface area contributed by atoms with Crippen LogP contribution >= 0.6 is 0 Å². The van der Waals surface area contributed by atoms with E-state index < -0.39 is 0 Å². The van der Waals surface area contributed by atoms with Crippen LogP contribution in [0, 0.1) is 5.92 Å². The summed E-state index contributed by atoms with van der Waals surface area (Å²) in [4.78, 5) is 19.5. The zero-order chi connectivity index (χ0) is 19.5. The summed E-state index contributed by atoms with van der Waals surface area (Å²) in [6, 6.07) is 13.4. The van der Waals surface area contributed by atoms with Crippen LogP contribution in [0.5, 0.6) is 5.75 Å². The number of fused-ring (bicyclic) bond motifs is 1. The fourth-order valence-corrected chi connectivity index (χ4v) is 3.84. The van der Waals surface area contributed by atoms with Crippen LogP contribution in [0.1, 0.15) is 35.8 Å². The van der Waals surface area contributed by atoms with Crippen LogP contribution in [0.25, 0.3) is 5.65 Å². The molecule has 1 fully saturated rings. The number of benzene rings is 1. The van der Waals surface area contributed by atoms with Crippen LogP contribution in [0.4, 0.5) is 0 Å². The van der Waals surface area contributed by atoms with Crippen LogP contribution in [0.2, 0.25) is 0 Å². The quantitative estimate of drug-likeness (QED) is 0.740. The number of carbonyl (C=O) groups excluding carboxylic acids is 1. The molecule has 4 rings (SSSR count). The van der Waals surface area contributed by atoms with Crippen molar-refractivity contribution in [3.05, 3.63) is 66.1 Å². The van der Waals surface area contributed by atoms with Crippen molar-refractivity contribution >= 4 is 11.6 Å². The average molecular weight is 378 g/mol. The van der Waals surface area contributed by atoms with Gasteiger partial charge >= 0.3 is 0 Å². The van der Waals surface area contributed by atoms with Crippen LogP contribution in [0.15, 0.2) is 54.9 Å². The van der Waals surface area contributed by atoms with Gasteiger partial charge in [0.1, 0.15) is 18.0 Å². The molecular weight excluding hydrogens is 352 g/mol. The van der Waals surface area contributed by atoms with Gasteiger partial charge in [0.05, 0.1) is 5.69 Å². The molecule has 2 unspecified atom stereocenters. The van der Waals surface area contributed by atoms with Crippen molar-refractivity contribution in [1.82, 2.24) is 14.3 Å². The largest absolute Gasteiger partial charge is 0.487 e. The van der Waals surface area contributed by atoms with E-state index >= 15 is 0 Å². The van der Waals surface area contributed by atoms with Gasteiger partial charge in [0.2, 0.25) is 0 Å². The van der Waals surface area contributed by atoms with Gasteiger partial charge in [0, 0.05) is 37.1 Å². The van der Waals surface area contributed by atoms with Crippen molar-refractivity contribution in [1.29, 1.82) is 0 Å². The van der Waals surface area contributed by atoms with E-state index in [9.17, 15) is 4.79 Å².